The van der Waals surface area contributed by atoms with Crippen LogP contribution in [0.1, 0.15) is 37.3 Å². The third-order valence-corrected chi connectivity index (χ3v) is 6.81. The zero-order valence-electron chi connectivity index (χ0n) is 17.1. The van der Waals surface area contributed by atoms with Crippen LogP contribution in [0.4, 0.5) is 4.39 Å². The molecule has 2 aliphatic heterocycles. The highest BCUT2D eigenvalue weighted by molar-refractivity contribution is 7.88. The second-order valence-electron chi connectivity index (χ2n) is 7.70. The predicted molar refractivity (Wildman–Crippen MR) is 111 cm³/mol. The molecule has 1 aromatic rings. The lowest BCUT2D eigenvalue weighted by Crippen LogP contribution is -2.52. The fraction of sp³-hybridized carbons (Fsp3) is 0.600. The van der Waals surface area contributed by atoms with E-state index in [0.29, 0.717) is 38.3 Å². The number of benzene rings is 1. The van der Waals surface area contributed by atoms with Crippen molar-refractivity contribution in [1.29, 1.82) is 0 Å². The number of hydrogen-bond donors (Lipinski definition) is 3. The van der Waals surface area contributed by atoms with Crippen LogP contribution in [0.5, 0.6) is 0 Å². The van der Waals surface area contributed by atoms with Crippen molar-refractivity contribution < 1.29 is 17.5 Å². The number of nitrogens with zero attached hydrogens (tertiary/aromatic N) is 1. The highest BCUT2D eigenvalue weighted by atomic mass is 32.2. The van der Waals surface area contributed by atoms with E-state index in [1.807, 2.05) is 25.4 Å². The molecule has 3 N–H and O–H groups in total. The van der Waals surface area contributed by atoms with E-state index in [1.54, 1.807) is 12.1 Å². The molecule has 0 bridgehead atoms. The van der Waals surface area contributed by atoms with Gasteiger partial charge in [-0.05, 0) is 30.9 Å². The molecule has 162 valence electrons. The molecule has 9 heteroatoms. The Morgan fingerprint density at radius 2 is 1.97 bits per heavy atom. The third-order valence-electron chi connectivity index (χ3n) is 5.56. The van der Waals surface area contributed by atoms with Gasteiger partial charge in [-0.15, -0.1) is 0 Å². The van der Waals surface area contributed by atoms with Crippen LogP contribution < -0.4 is 16.0 Å². The second-order valence-corrected chi connectivity index (χ2v) is 9.68. The molecule has 1 fully saturated rings. The van der Waals surface area contributed by atoms with Gasteiger partial charge in [-0.25, -0.2) is 12.8 Å². The van der Waals surface area contributed by atoms with Crippen molar-refractivity contribution in [2.75, 3.05) is 32.6 Å². The summed E-state index contributed by atoms with van der Waals surface area (Å²) in [6, 6.07) is 5.18. The Morgan fingerprint density at radius 1 is 1.28 bits per heavy atom. The number of halogens is 1. The molecule has 0 aliphatic carbocycles. The standard InChI is InChI=1S/C20H31FN4O3S/c1-3-10-25(29(2,26)27)15-16-4-5-17(13-18(16)21)20(6-11-28-12-7-20)24-14-19-22-8-9-23-19/h4-5,8-9,13,19,22-24H,3,6-7,10-12,14-15H2,1-2H3. The summed E-state index contributed by atoms with van der Waals surface area (Å²) in [6.45, 7) is 4.22. The monoisotopic (exact) mass is 426 g/mol. The molecule has 1 aromatic carbocycles. The van der Waals surface area contributed by atoms with Gasteiger partial charge in [0.1, 0.15) is 12.0 Å². The first-order valence-electron chi connectivity index (χ1n) is 10.1. The highest BCUT2D eigenvalue weighted by Gasteiger charge is 2.35. The molecule has 2 aliphatic rings. The van der Waals surface area contributed by atoms with Gasteiger partial charge in [0.05, 0.1) is 6.26 Å². The van der Waals surface area contributed by atoms with Crippen LogP contribution in [0.3, 0.4) is 0 Å². The van der Waals surface area contributed by atoms with Gasteiger partial charge in [-0.3, -0.25) is 0 Å². The van der Waals surface area contributed by atoms with Crippen molar-refractivity contribution in [3.8, 4) is 0 Å². The number of rotatable bonds is 9. The third kappa shape index (κ3) is 5.48. The number of sulfonamides is 1. The van der Waals surface area contributed by atoms with Crippen molar-refractivity contribution >= 4 is 10.0 Å². The maximum atomic E-state index is 15.0. The van der Waals surface area contributed by atoms with Gasteiger partial charge < -0.3 is 20.7 Å². The molecule has 2 heterocycles. The van der Waals surface area contributed by atoms with Gasteiger partial charge in [0, 0.05) is 56.4 Å². The maximum absolute atomic E-state index is 15.0. The summed E-state index contributed by atoms with van der Waals surface area (Å²) < 4.78 is 45.8. The molecule has 1 saturated heterocycles. The van der Waals surface area contributed by atoms with Crippen molar-refractivity contribution in [3.05, 3.63) is 47.5 Å². The van der Waals surface area contributed by atoms with E-state index >= 15 is 0 Å². The molecule has 0 saturated carbocycles. The Labute approximate surface area is 172 Å². The van der Waals surface area contributed by atoms with E-state index in [1.165, 1.54) is 4.31 Å². The van der Waals surface area contributed by atoms with E-state index in [0.717, 1.165) is 24.7 Å². The van der Waals surface area contributed by atoms with E-state index < -0.39 is 10.0 Å². The minimum absolute atomic E-state index is 0.0455. The average Bonchev–Trinajstić information content (AvgIpc) is 3.21. The molecular formula is C20H31FN4O3S. The predicted octanol–water partition coefficient (Wildman–Crippen LogP) is 1.58. The molecule has 0 unspecified atom stereocenters. The van der Waals surface area contributed by atoms with Crippen LogP contribution in [-0.4, -0.2) is 51.4 Å². The number of ether oxygens (including phenoxy) is 1. The fourth-order valence-corrected chi connectivity index (χ4v) is 4.74. The van der Waals surface area contributed by atoms with Crippen molar-refractivity contribution in [2.45, 2.75) is 44.4 Å². The number of hydrogen-bond acceptors (Lipinski definition) is 6. The van der Waals surface area contributed by atoms with Crippen LogP contribution in [-0.2, 0) is 26.8 Å². The van der Waals surface area contributed by atoms with E-state index in [9.17, 15) is 12.8 Å². The Hall–Kier alpha value is -1.68. The molecule has 0 amide bonds. The van der Waals surface area contributed by atoms with E-state index in [4.69, 9.17) is 4.74 Å². The zero-order chi connectivity index (χ0) is 20.9. The molecule has 29 heavy (non-hydrogen) atoms. The quantitative estimate of drug-likeness (QED) is 0.556. The first kappa shape index (κ1) is 22.0. The average molecular weight is 427 g/mol. The SMILES string of the molecule is CCCN(Cc1ccc(C2(NCC3NC=CN3)CCOCC2)cc1F)S(C)(=O)=O. The minimum Gasteiger partial charge on any atom is -0.381 e. The summed E-state index contributed by atoms with van der Waals surface area (Å²) in [5, 5.41) is 10.0. The molecular weight excluding hydrogens is 395 g/mol. The summed E-state index contributed by atoms with van der Waals surface area (Å²) in [7, 11) is -3.38. The molecule has 0 atom stereocenters. The van der Waals surface area contributed by atoms with Gasteiger partial charge >= 0.3 is 0 Å². The van der Waals surface area contributed by atoms with Crippen LogP contribution in [0.15, 0.2) is 30.6 Å². The van der Waals surface area contributed by atoms with Gasteiger partial charge in [0.25, 0.3) is 0 Å². The lowest BCUT2D eigenvalue weighted by Gasteiger charge is -2.39. The minimum atomic E-state index is -3.38. The molecule has 3 rings (SSSR count). The van der Waals surface area contributed by atoms with Crippen LogP contribution in [0, 0.1) is 5.82 Å². The molecule has 0 radical (unpaired) electrons. The van der Waals surface area contributed by atoms with Gasteiger partial charge in [-0.1, -0.05) is 19.1 Å². The van der Waals surface area contributed by atoms with Crippen molar-refractivity contribution in [3.63, 3.8) is 0 Å². The van der Waals surface area contributed by atoms with Gasteiger partial charge in [0.2, 0.25) is 10.0 Å². The van der Waals surface area contributed by atoms with Crippen molar-refractivity contribution in [1.82, 2.24) is 20.3 Å². The van der Waals surface area contributed by atoms with E-state index in [-0.39, 0.29) is 24.1 Å². The largest absolute Gasteiger partial charge is 0.381 e. The number of nitrogens with one attached hydrogen (secondary N) is 3. The Morgan fingerprint density at radius 3 is 2.55 bits per heavy atom. The van der Waals surface area contributed by atoms with Crippen LogP contribution in [0.25, 0.3) is 0 Å². The Bertz CT molecular complexity index is 817. The summed E-state index contributed by atoms with van der Waals surface area (Å²) in [6.07, 6.45) is 7.15. The van der Waals surface area contributed by atoms with Gasteiger partial charge in [0.15, 0.2) is 0 Å². The summed E-state index contributed by atoms with van der Waals surface area (Å²) in [4.78, 5) is 0. The van der Waals surface area contributed by atoms with Gasteiger partial charge in [-0.2, -0.15) is 4.31 Å². The summed E-state index contributed by atoms with van der Waals surface area (Å²) in [5.41, 5.74) is 0.885. The Kier molecular flexibility index (Phi) is 7.15. The second kappa shape index (κ2) is 9.42. The molecule has 0 spiro atoms. The summed E-state index contributed by atoms with van der Waals surface area (Å²) in [5.74, 6) is -0.376. The summed E-state index contributed by atoms with van der Waals surface area (Å²) >= 11 is 0. The molecule has 7 nitrogen and oxygen atoms in total. The zero-order valence-corrected chi connectivity index (χ0v) is 17.9. The topological polar surface area (TPSA) is 82.7 Å². The first-order chi connectivity index (χ1) is 13.8. The lowest BCUT2D eigenvalue weighted by molar-refractivity contribution is 0.0355. The first-order valence-corrected chi connectivity index (χ1v) is 11.9. The van der Waals surface area contributed by atoms with E-state index in [2.05, 4.69) is 16.0 Å². The Balaban J connectivity index is 1.79. The fourth-order valence-electron chi connectivity index (χ4n) is 3.85. The normalized spacial score (nSPS) is 19.3. The maximum Gasteiger partial charge on any atom is 0.211 e. The van der Waals surface area contributed by atoms with Crippen LogP contribution >= 0.6 is 0 Å². The lowest BCUT2D eigenvalue weighted by atomic mass is 9.82. The van der Waals surface area contributed by atoms with Crippen molar-refractivity contribution in [2.24, 2.45) is 0 Å². The molecule has 0 aromatic heterocycles. The highest BCUT2D eigenvalue weighted by Crippen LogP contribution is 2.33. The van der Waals surface area contributed by atoms with Crippen LogP contribution in [0.2, 0.25) is 0 Å². The smallest absolute Gasteiger partial charge is 0.211 e.